The van der Waals surface area contributed by atoms with E-state index in [0.717, 1.165) is 12.1 Å². The number of likely N-dealkylation sites (N-methyl/N-ethyl adjacent to an activating group) is 1. The highest BCUT2D eigenvalue weighted by molar-refractivity contribution is 8.02. The van der Waals surface area contributed by atoms with Crippen molar-refractivity contribution < 1.29 is 4.79 Å². The van der Waals surface area contributed by atoms with Gasteiger partial charge in [-0.1, -0.05) is 13.0 Å². The molecule has 1 amide bonds. The standard InChI is InChI=1S/C15H25NOS/c1-7-9-14(11-12(3)13(4)18-6)16(5)15(17)10-8-2/h7,9,11H,8,10H2,1-6H3/b9-7+,13-12+,14-11+. The van der Waals surface area contributed by atoms with E-state index >= 15 is 0 Å². The first-order valence-corrected chi connectivity index (χ1v) is 7.52. The number of thioether (sulfide) groups is 1. The average Bonchev–Trinajstić information content (AvgIpc) is 2.36. The molecule has 0 spiro atoms. The van der Waals surface area contributed by atoms with Crippen molar-refractivity contribution in [1.82, 2.24) is 4.90 Å². The summed E-state index contributed by atoms with van der Waals surface area (Å²) < 4.78 is 0. The molecule has 0 atom stereocenters. The van der Waals surface area contributed by atoms with Crippen LogP contribution in [0.4, 0.5) is 0 Å². The topological polar surface area (TPSA) is 20.3 Å². The van der Waals surface area contributed by atoms with E-state index in [0.29, 0.717) is 6.42 Å². The number of nitrogens with zero attached hydrogens (tertiary/aromatic N) is 1. The summed E-state index contributed by atoms with van der Waals surface area (Å²) in [6, 6.07) is 0. The molecule has 2 nitrogen and oxygen atoms in total. The third-order valence-corrected chi connectivity index (χ3v) is 3.72. The highest BCUT2D eigenvalue weighted by Crippen LogP contribution is 2.19. The van der Waals surface area contributed by atoms with E-state index < -0.39 is 0 Å². The van der Waals surface area contributed by atoms with E-state index in [1.165, 1.54) is 10.5 Å². The van der Waals surface area contributed by atoms with Gasteiger partial charge in [-0.15, -0.1) is 11.8 Å². The Hall–Kier alpha value is -0.960. The molecule has 18 heavy (non-hydrogen) atoms. The van der Waals surface area contributed by atoms with E-state index in [2.05, 4.69) is 26.2 Å². The summed E-state index contributed by atoms with van der Waals surface area (Å²) in [6.07, 6.45) is 9.54. The SMILES string of the molecule is C/C=C/C(=C\C(C)=C(/C)SC)N(C)C(=O)CCC. The van der Waals surface area contributed by atoms with Gasteiger partial charge in [0.25, 0.3) is 0 Å². The number of carbonyl (C=O) groups excluding carboxylic acids is 1. The predicted molar refractivity (Wildman–Crippen MR) is 82.5 cm³/mol. The molecule has 0 aliphatic carbocycles. The van der Waals surface area contributed by atoms with Gasteiger partial charge in [-0.25, -0.2) is 0 Å². The first-order valence-electron chi connectivity index (χ1n) is 6.30. The molecule has 0 aromatic heterocycles. The Morgan fingerprint density at radius 1 is 1.33 bits per heavy atom. The summed E-state index contributed by atoms with van der Waals surface area (Å²) >= 11 is 1.73. The minimum atomic E-state index is 0.163. The van der Waals surface area contributed by atoms with Crippen molar-refractivity contribution >= 4 is 17.7 Å². The van der Waals surface area contributed by atoms with Crippen LogP contribution in [-0.4, -0.2) is 24.1 Å². The molecule has 0 aromatic rings. The fourth-order valence-electron chi connectivity index (χ4n) is 1.44. The average molecular weight is 267 g/mol. The van der Waals surface area contributed by atoms with Crippen LogP contribution in [0.3, 0.4) is 0 Å². The number of rotatable bonds is 6. The van der Waals surface area contributed by atoms with Crippen molar-refractivity contribution in [2.45, 2.75) is 40.5 Å². The molecular weight excluding hydrogens is 242 g/mol. The molecule has 0 aromatic carbocycles. The summed E-state index contributed by atoms with van der Waals surface area (Å²) in [6.45, 7) is 8.16. The number of hydrogen-bond acceptors (Lipinski definition) is 2. The minimum Gasteiger partial charge on any atom is -0.316 e. The molecule has 0 saturated heterocycles. The maximum atomic E-state index is 11.9. The van der Waals surface area contributed by atoms with Crippen LogP contribution in [0, 0.1) is 0 Å². The van der Waals surface area contributed by atoms with Gasteiger partial charge in [-0.2, -0.15) is 0 Å². The zero-order valence-corrected chi connectivity index (χ0v) is 13.2. The predicted octanol–water partition coefficient (Wildman–Crippen LogP) is 4.36. The van der Waals surface area contributed by atoms with Gasteiger partial charge < -0.3 is 4.90 Å². The zero-order chi connectivity index (χ0) is 14.1. The Morgan fingerprint density at radius 3 is 2.39 bits per heavy atom. The first-order chi connectivity index (χ1) is 8.47. The quantitative estimate of drug-likeness (QED) is 0.666. The third-order valence-electron chi connectivity index (χ3n) is 2.79. The van der Waals surface area contributed by atoms with E-state index in [-0.39, 0.29) is 5.91 Å². The Labute approximate surface area is 116 Å². The Kier molecular flexibility index (Phi) is 8.55. The minimum absolute atomic E-state index is 0.163. The van der Waals surface area contributed by atoms with Crippen LogP contribution >= 0.6 is 11.8 Å². The van der Waals surface area contributed by atoms with Crippen molar-refractivity contribution in [3.63, 3.8) is 0 Å². The van der Waals surface area contributed by atoms with Crippen LogP contribution in [0.15, 0.2) is 34.4 Å². The summed E-state index contributed by atoms with van der Waals surface area (Å²) in [4.78, 5) is 14.9. The molecule has 0 bridgehead atoms. The molecular formula is C15H25NOS. The normalized spacial score (nSPS) is 13.8. The van der Waals surface area contributed by atoms with Crippen LogP contribution in [0.1, 0.15) is 40.5 Å². The lowest BCUT2D eigenvalue weighted by atomic mass is 10.2. The molecule has 0 saturated carbocycles. The van der Waals surface area contributed by atoms with Crippen LogP contribution in [0.2, 0.25) is 0 Å². The summed E-state index contributed by atoms with van der Waals surface area (Å²) in [5, 5.41) is 0. The van der Waals surface area contributed by atoms with Gasteiger partial charge in [0.05, 0.1) is 0 Å². The van der Waals surface area contributed by atoms with E-state index in [1.807, 2.05) is 33.0 Å². The monoisotopic (exact) mass is 267 g/mol. The summed E-state index contributed by atoms with van der Waals surface area (Å²) in [5.41, 5.74) is 2.15. The maximum absolute atomic E-state index is 11.9. The summed E-state index contributed by atoms with van der Waals surface area (Å²) in [5.74, 6) is 0.163. The zero-order valence-electron chi connectivity index (χ0n) is 12.4. The van der Waals surface area contributed by atoms with Crippen LogP contribution in [-0.2, 0) is 4.79 Å². The number of carbonyl (C=O) groups is 1. The lowest BCUT2D eigenvalue weighted by molar-refractivity contribution is -0.128. The molecule has 0 unspecified atom stereocenters. The van der Waals surface area contributed by atoms with Crippen molar-refractivity contribution in [3.05, 3.63) is 34.4 Å². The molecule has 0 aliphatic rings. The van der Waals surface area contributed by atoms with Gasteiger partial charge in [-0.3, -0.25) is 4.79 Å². The smallest absolute Gasteiger partial charge is 0.226 e. The number of allylic oxidation sites excluding steroid dienone is 5. The number of hydrogen-bond donors (Lipinski definition) is 0. The first kappa shape index (κ1) is 17.0. The second-order valence-electron chi connectivity index (χ2n) is 4.22. The lowest BCUT2D eigenvalue weighted by Crippen LogP contribution is -2.24. The van der Waals surface area contributed by atoms with Gasteiger partial charge >= 0.3 is 0 Å². The second kappa shape index (κ2) is 9.03. The van der Waals surface area contributed by atoms with Crippen LogP contribution < -0.4 is 0 Å². The third kappa shape index (κ3) is 5.58. The van der Waals surface area contributed by atoms with E-state index in [1.54, 1.807) is 16.7 Å². The lowest BCUT2D eigenvalue weighted by Gasteiger charge is -2.19. The fourth-order valence-corrected chi connectivity index (χ4v) is 1.82. The van der Waals surface area contributed by atoms with Crippen molar-refractivity contribution in [2.75, 3.05) is 13.3 Å². The van der Waals surface area contributed by atoms with Crippen LogP contribution in [0.5, 0.6) is 0 Å². The molecule has 0 rings (SSSR count). The molecule has 0 N–H and O–H groups in total. The fraction of sp³-hybridized carbons (Fsp3) is 0.533. The number of amides is 1. The highest BCUT2D eigenvalue weighted by Gasteiger charge is 2.10. The van der Waals surface area contributed by atoms with Crippen molar-refractivity contribution in [1.29, 1.82) is 0 Å². The van der Waals surface area contributed by atoms with Gasteiger partial charge in [0.2, 0.25) is 5.91 Å². The second-order valence-corrected chi connectivity index (χ2v) is 5.24. The maximum Gasteiger partial charge on any atom is 0.226 e. The molecule has 0 heterocycles. The molecule has 0 fully saturated rings. The van der Waals surface area contributed by atoms with Crippen molar-refractivity contribution in [3.8, 4) is 0 Å². The molecule has 3 heteroatoms. The Morgan fingerprint density at radius 2 is 1.94 bits per heavy atom. The van der Waals surface area contributed by atoms with Gasteiger partial charge in [0, 0.05) is 19.2 Å². The highest BCUT2D eigenvalue weighted by atomic mass is 32.2. The molecule has 102 valence electrons. The van der Waals surface area contributed by atoms with Gasteiger partial charge in [0.15, 0.2) is 0 Å². The summed E-state index contributed by atoms with van der Waals surface area (Å²) in [7, 11) is 1.84. The molecule has 0 aliphatic heterocycles. The Bertz CT molecular complexity index is 367. The van der Waals surface area contributed by atoms with E-state index in [4.69, 9.17) is 0 Å². The van der Waals surface area contributed by atoms with Crippen LogP contribution in [0.25, 0.3) is 0 Å². The largest absolute Gasteiger partial charge is 0.316 e. The Balaban J connectivity index is 5.20. The van der Waals surface area contributed by atoms with E-state index in [9.17, 15) is 4.79 Å². The van der Waals surface area contributed by atoms with Gasteiger partial charge in [-0.05, 0) is 56.1 Å². The van der Waals surface area contributed by atoms with Gasteiger partial charge in [0.1, 0.15) is 0 Å². The van der Waals surface area contributed by atoms with Crippen molar-refractivity contribution in [2.24, 2.45) is 0 Å². The molecule has 0 radical (unpaired) electrons.